The Labute approximate surface area is 120 Å². The van der Waals surface area contributed by atoms with Crippen LogP contribution in [0.15, 0.2) is 12.1 Å². The molecule has 112 valence electrons. The van der Waals surface area contributed by atoms with Crippen LogP contribution in [0.1, 0.15) is 25.3 Å². The summed E-state index contributed by atoms with van der Waals surface area (Å²) in [7, 11) is 0. The average Bonchev–Trinajstić information content (AvgIpc) is 3.22. The van der Waals surface area contributed by atoms with Crippen molar-refractivity contribution in [3.63, 3.8) is 0 Å². The van der Waals surface area contributed by atoms with Crippen LogP contribution in [-0.4, -0.2) is 26.7 Å². The van der Waals surface area contributed by atoms with Crippen LogP contribution in [0.25, 0.3) is 0 Å². The molecule has 0 saturated heterocycles. The molecular weight excluding hydrogens is 278 g/mol. The monoisotopic (exact) mass is 293 g/mol. The maximum absolute atomic E-state index is 12.1. The molecule has 0 aliphatic heterocycles. The van der Waals surface area contributed by atoms with Crippen LogP contribution in [0.4, 0.5) is 5.69 Å². The number of hydrogen-bond donors (Lipinski definition) is 2. The first-order chi connectivity index (χ1) is 9.81. The number of nitro benzene ring substituents is 1. The SMILES string of the molecule is CC(=O)C(Cc1cc(O)c(O)c([N+](=O)[O-])c1)C(=O)C1CC1. The zero-order valence-electron chi connectivity index (χ0n) is 11.4. The van der Waals surface area contributed by atoms with Gasteiger partial charge in [-0.1, -0.05) is 0 Å². The van der Waals surface area contributed by atoms with E-state index in [-0.39, 0.29) is 29.5 Å². The lowest BCUT2D eigenvalue weighted by Gasteiger charge is -2.13. The minimum atomic E-state index is -0.860. The number of phenolic OH excluding ortho intramolecular Hbond substituents is 2. The molecule has 1 fully saturated rings. The van der Waals surface area contributed by atoms with Gasteiger partial charge in [0.2, 0.25) is 5.75 Å². The number of benzene rings is 1. The Balaban J connectivity index is 2.30. The minimum Gasteiger partial charge on any atom is -0.504 e. The molecule has 0 spiro atoms. The van der Waals surface area contributed by atoms with Crippen molar-refractivity contribution < 1.29 is 24.7 Å². The van der Waals surface area contributed by atoms with Gasteiger partial charge in [-0.25, -0.2) is 0 Å². The Morgan fingerprint density at radius 2 is 2.00 bits per heavy atom. The van der Waals surface area contributed by atoms with Gasteiger partial charge in [0.1, 0.15) is 11.6 Å². The van der Waals surface area contributed by atoms with Gasteiger partial charge in [0.15, 0.2) is 5.75 Å². The highest BCUT2D eigenvalue weighted by molar-refractivity contribution is 6.03. The minimum absolute atomic E-state index is 0.0145. The van der Waals surface area contributed by atoms with E-state index in [1.54, 1.807) is 0 Å². The predicted octanol–water partition coefficient (Wildman–Crippen LogP) is 1.73. The van der Waals surface area contributed by atoms with Gasteiger partial charge in [0.25, 0.3) is 0 Å². The second kappa shape index (κ2) is 5.51. The Hall–Kier alpha value is -2.44. The van der Waals surface area contributed by atoms with Crippen LogP contribution in [0.5, 0.6) is 11.5 Å². The molecule has 21 heavy (non-hydrogen) atoms. The number of carbonyl (C=O) groups is 2. The van der Waals surface area contributed by atoms with Crippen molar-refractivity contribution in [1.82, 2.24) is 0 Å². The summed E-state index contributed by atoms with van der Waals surface area (Å²) in [5.41, 5.74) is -0.377. The number of ketones is 2. The smallest absolute Gasteiger partial charge is 0.314 e. The van der Waals surface area contributed by atoms with Gasteiger partial charge in [0, 0.05) is 12.0 Å². The number of phenols is 2. The van der Waals surface area contributed by atoms with Gasteiger partial charge >= 0.3 is 5.69 Å². The number of nitrogens with zero attached hydrogens (tertiary/aromatic N) is 1. The van der Waals surface area contributed by atoms with Crippen LogP contribution < -0.4 is 0 Å². The molecule has 1 aliphatic rings. The zero-order chi connectivity index (χ0) is 15.7. The second-order valence-corrected chi connectivity index (χ2v) is 5.28. The van der Waals surface area contributed by atoms with E-state index >= 15 is 0 Å². The fraction of sp³-hybridized carbons (Fsp3) is 0.429. The van der Waals surface area contributed by atoms with Gasteiger partial charge in [-0.2, -0.15) is 0 Å². The zero-order valence-corrected chi connectivity index (χ0v) is 11.4. The first-order valence-corrected chi connectivity index (χ1v) is 6.54. The van der Waals surface area contributed by atoms with Crippen LogP contribution in [-0.2, 0) is 16.0 Å². The number of aromatic hydroxyl groups is 2. The van der Waals surface area contributed by atoms with E-state index < -0.39 is 28.0 Å². The topological polar surface area (TPSA) is 118 Å². The van der Waals surface area contributed by atoms with E-state index in [2.05, 4.69) is 0 Å². The van der Waals surface area contributed by atoms with Gasteiger partial charge < -0.3 is 10.2 Å². The van der Waals surface area contributed by atoms with Gasteiger partial charge in [0.05, 0.1) is 10.8 Å². The molecule has 0 aromatic heterocycles. The molecule has 1 atom stereocenters. The maximum Gasteiger partial charge on any atom is 0.314 e. The average molecular weight is 293 g/mol. The van der Waals surface area contributed by atoms with Crippen LogP contribution in [0.2, 0.25) is 0 Å². The molecule has 0 radical (unpaired) electrons. The van der Waals surface area contributed by atoms with Gasteiger partial charge in [-0.3, -0.25) is 19.7 Å². The predicted molar refractivity (Wildman–Crippen MR) is 72.0 cm³/mol. The van der Waals surface area contributed by atoms with Crippen molar-refractivity contribution in [2.45, 2.75) is 26.2 Å². The first-order valence-electron chi connectivity index (χ1n) is 6.54. The van der Waals surface area contributed by atoms with Crippen molar-refractivity contribution >= 4 is 17.3 Å². The highest BCUT2D eigenvalue weighted by atomic mass is 16.6. The largest absolute Gasteiger partial charge is 0.504 e. The summed E-state index contributed by atoms with van der Waals surface area (Å²) in [6.07, 6.45) is 1.52. The molecular formula is C14H15NO6. The Kier molecular flexibility index (Phi) is 3.93. The third-order valence-electron chi connectivity index (χ3n) is 3.58. The molecule has 2 rings (SSSR count). The Morgan fingerprint density at radius 3 is 2.48 bits per heavy atom. The third-order valence-corrected chi connectivity index (χ3v) is 3.58. The molecule has 0 amide bonds. The van der Waals surface area contributed by atoms with Crippen molar-refractivity contribution in [2.24, 2.45) is 11.8 Å². The number of Topliss-reactive ketones (excluding diaryl/α,β-unsaturated/α-hetero) is 2. The van der Waals surface area contributed by atoms with E-state index in [0.29, 0.717) is 0 Å². The Bertz CT molecular complexity index is 620. The summed E-state index contributed by atoms with van der Waals surface area (Å²) in [6.45, 7) is 1.31. The van der Waals surface area contributed by atoms with E-state index in [0.717, 1.165) is 25.0 Å². The molecule has 1 unspecified atom stereocenters. The van der Waals surface area contributed by atoms with E-state index in [1.807, 2.05) is 0 Å². The van der Waals surface area contributed by atoms with Gasteiger partial charge in [-0.05, 0) is 37.8 Å². The standard InChI is InChI=1S/C14H15NO6/c1-7(16)10(13(18)9-2-3-9)4-8-5-11(15(20)21)14(19)12(17)6-8/h5-6,9-10,17,19H,2-4H2,1H3. The normalized spacial score (nSPS) is 15.5. The third kappa shape index (κ3) is 3.18. The summed E-state index contributed by atoms with van der Waals surface area (Å²) >= 11 is 0. The van der Waals surface area contributed by atoms with Crippen LogP contribution in [0, 0.1) is 22.0 Å². The van der Waals surface area contributed by atoms with E-state index in [4.69, 9.17) is 0 Å². The quantitative estimate of drug-likeness (QED) is 0.357. The summed E-state index contributed by atoms with van der Waals surface area (Å²) < 4.78 is 0. The molecule has 7 heteroatoms. The van der Waals surface area contributed by atoms with Crippen molar-refractivity contribution in [3.05, 3.63) is 27.8 Å². The lowest BCUT2D eigenvalue weighted by Crippen LogP contribution is -2.25. The lowest BCUT2D eigenvalue weighted by atomic mass is 9.89. The van der Waals surface area contributed by atoms with E-state index in [1.165, 1.54) is 6.92 Å². The molecule has 0 bridgehead atoms. The molecule has 2 N–H and O–H groups in total. The molecule has 1 aromatic rings. The summed E-state index contributed by atoms with van der Waals surface area (Å²) in [4.78, 5) is 33.7. The van der Waals surface area contributed by atoms with Crippen LogP contribution >= 0.6 is 0 Å². The molecule has 1 saturated carbocycles. The second-order valence-electron chi connectivity index (χ2n) is 5.28. The molecule has 1 aliphatic carbocycles. The number of rotatable bonds is 6. The van der Waals surface area contributed by atoms with Crippen molar-refractivity contribution in [2.75, 3.05) is 0 Å². The number of hydrogen-bond acceptors (Lipinski definition) is 6. The summed E-state index contributed by atoms with van der Waals surface area (Å²) in [6, 6.07) is 2.21. The van der Waals surface area contributed by atoms with Crippen molar-refractivity contribution in [1.29, 1.82) is 0 Å². The lowest BCUT2D eigenvalue weighted by molar-refractivity contribution is -0.386. The fourth-order valence-corrected chi connectivity index (χ4v) is 2.25. The maximum atomic E-state index is 12.1. The highest BCUT2D eigenvalue weighted by Crippen LogP contribution is 2.38. The summed E-state index contributed by atoms with van der Waals surface area (Å²) in [5.74, 6) is -2.88. The van der Waals surface area contributed by atoms with Crippen LogP contribution in [0.3, 0.4) is 0 Å². The highest BCUT2D eigenvalue weighted by Gasteiger charge is 2.37. The van der Waals surface area contributed by atoms with Gasteiger partial charge in [-0.15, -0.1) is 0 Å². The van der Waals surface area contributed by atoms with Crippen molar-refractivity contribution in [3.8, 4) is 11.5 Å². The molecule has 0 heterocycles. The fourth-order valence-electron chi connectivity index (χ4n) is 2.25. The molecule has 1 aromatic carbocycles. The number of nitro groups is 1. The molecule has 7 nitrogen and oxygen atoms in total. The summed E-state index contributed by atoms with van der Waals surface area (Å²) in [5, 5.41) is 29.7. The van der Waals surface area contributed by atoms with E-state index in [9.17, 15) is 29.9 Å². The first kappa shape index (κ1) is 15.0. The number of carbonyl (C=O) groups excluding carboxylic acids is 2. The Morgan fingerprint density at radius 1 is 1.38 bits per heavy atom.